The molecule has 0 aliphatic rings. The first-order valence-electron chi connectivity index (χ1n) is 6.56. The van der Waals surface area contributed by atoms with E-state index in [0.717, 1.165) is 4.90 Å². The van der Waals surface area contributed by atoms with Crippen molar-refractivity contribution in [2.45, 2.75) is 16.2 Å². The maximum Gasteiger partial charge on any atom is 0.238 e. The molecule has 0 unspecified atom stereocenters. The van der Waals surface area contributed by atoms with Crippen molar-refractivity contribution in [3.8, 4) is 0 Å². The highest BCUT2D eigenvalue weighted by atomic mass is 32.2. The summed E-state index contributed by atoms with van der Waals surface area (Å²) in [5.41, 5.74) is 0.544. The van der Waals surface area contributed by atoms with Crippen molar-refractivity contribution in [2.75, 3.05) is 11.1 Å². The van der Waals surface area contributed by atoms with Gasteiger partial charge in [0.2, 0.25) is 15.9 Å². The van der Waals surface area contributed by atoms with Crippen molar-refractivity contribution in [2.24, 2.45) is 5.14 Å². The molecule has 1 amide bonds. The van der Waals surface area contributed by atoms with E-state index in [-0.39, 0.29) is 10.8 Å². The van der Waals surface area contributed by atoms with Crippen LogP contribution in [0.4, 0.5) is 5.69 Å². The number of hydrogen-bond acceptors (Lipinski definition) is 4. The van der Waals surface area contributed by atoms with Crippen LogP contribution in [0, 0.1) is 0 Å². The van der Waals surface area contributed by atoms with Crippen LogP contribution in [0.25, 0.3) is 0 Å². The van der Waals surface area contributed by atoms with Gasteiger partial charge in [-0.2, -0.15) is 0 Å². The van der Waals surface area contributed by atoms with Crippen LogP contribution in [-0.4, -0.2) is 20.1 Å². The highest BCUT2D eigenvalue weighted by molar-refractivity contribution is 7.99. The fourth-order valence-corrected chi connectivity index (χ4v) is 3.12. The Bertz CT molecular complexity index is 729. The van der Waals surface area contributed by atoms with E-state index in [1.54, 1.807) is 11.8 Å². The topological polar surface area (TPSA) is 89.3 Å². The van der Waals surface area contributed by atoms with Gasteiger partial charge in [-0.05, 0) is 36.4 Å². The van der Waals surface area contributed by atoms with Crippen molar-refractivity contribution in [1.82, 2.24) is 0 Å². The van der Waals surface area contributed by atoms with E-state index in [9.17, 15) is 13.2 Å². The van der Waals surface area contributed by atoms with Gasteiger partial charge in [0.1, 0.15) is 0 Å². The van der Waals surface area contributed by atoms with Crippen LogP contribution in [0.15, 0.2) is 64.4 Å². The van der Waals surface area contributed by atoms with Crippen molar-refractivity contribution in [3.05, 3.63) is 54.6 Å². The van der Waals surface area contributed by atoms with Gasteiger partial charge >= 0.3 is 0 Å². The number of carbonyl (C=O) groups is 1. The van der Waals surface area contributed by atoms with Gasteiger partial charge in [-0.15, -0.1) is 11.8 Å². The summed E-state index contributed by atoms with van der Waals surface area (Å²) in [6, 6.07) is 15.6. The van der Waals surface area contributed by atoms with Gasteiger partial charge in [-0.1, -0.05) is 18.2 Å². The first kappa shape index (κ1) is 16.5. The Morgan fingerprint density at radius 3 is 2.27 bits per heavy atom. The molecule has 22 heavy (non-hydrogen) atoms. The highest BCUT2D eigenvalue weighted by Gasteiger charge is 2.08. The lowest BCUT2D eigenvalue weighted by Crippen LogP contribution is -2.14. The minimum absolute atomic E-state index is 0.0186. The predicted octanol–water partition coefficient (Wildman–Crippen LogP) is 2.45. The van der Waals surface area contributed by atoms with Crippen LogP contribution in [0.2, 0.25) is 0 Å². The third-order valence-corrected chi connectivity index (χ3v) is 4.75. The van der Waals surface area contributed by atoms with Crippen molar-refractivity contribution in [1.29, 1.82) is 0 Å². The second-order valence-electron chi connectivity index (χ2n) is 4.53. The molecule has 2 aromatic rings. The van der Waals surface area contributed by atoms with Gasteiger partial charge in [-0.3, -0.25) is 4.79 Å². The number of hydrogen-bond donors (Lipinski definition) is 2. The lowest BCUT2D eigenvalue weighted by Gasteiger charge is -2.06. The molecule has 5 nitrogen and oxygen atoms in total. The molecule has 116 valence electrons. The molecular formula is C15H16N2O3S2. The smallest absolute Gasteiger partial charge is 0.238 e. The van der Waals surface area contributed by atoms with Gasteiger partial charge < -0.3 is 5.32 Å². The zero-order chi connectivity index (χ0) is 16.0. The number of anilines is 1. The minimum Gasteiger partial charge on any atom is -0.326 e. The van der Waals surface area contributed by atoms with Crippen molar-refractivity contribution >= 4 is 33.4 Å². The van der Waals surface area contributed by atoms with E-state index in [0.29, 0.717) is 17.9 Å². The molecular weight excluding hydrogens is 320 g/mol. The Morgan fingerprint density at radius 1 is 1.05 bits per heavy atom. The molecule has 0 aromatic heterocycles. The molecule has 0 aliphatic carbocycles. The summed E-state index contributed by atoms with van der Waals surface area (Å²) in [4.78, 5) is 13.0. The summed E-state index contributed by atoms with van der Waals surface area (Å²) in [7, 11) is -3.71. The maximum atomic E-state index is 11.8. The molecule has 3 N–H and O–H groups in total. The van der Waals surface area contributed by atoms with Crippen LogP contribution >= 0.6 is 11.8 Å². The Balaban J connectivity index is 1.82. The number of amides is 1. The molecule has 0 aliphatic heterocycles. The molecule has 0 saturated carbocycles. The Kier molecular flexibility index (Phi) is 5.59. The van der Waals surface area contributed by atoms with Crippen molar-refractivity contribution < 1.29 is 13.2 Å². The zero-order valence-electron chi connectivity index (χ0n) is 11.7. The number of nitrogens with one attached hydrogen (secondary N) is 1. The number of thioether (sulfide) groups is 1. The molecule has 7 heteroatoms. The molecule has 0 spiro atoms. The normalized spacial score (nSPS) is 11.1. The lowest BCUT2D eigenvalue weighted by atomic mass is 10.3. The molecule has 0 heterocycles. The van der Waals surface area contributed by atoms with Crippen LogP contribution < -0.4 is 10.5 Å². The summed E-state index contributed by atoms with van der Waals surface area (Å²) < 4.78 is 22.3. The second kappa shape index (κ2) is 7.44. The van der Waals surface area contributed by atoms with Crippen LogP contribution in [0.1, 0.15) is 6.42 Å². The standard InChI is InChI=1S/C15H16N2O3S2/c16-22(19,20)14-8-6-12(7-9-14)17-15(18)10-11-21-13-4-2-1-3-5-13/h1-9H,10-11H2,(H,17,18)(H2,16,19,20). The monoisotopic (exact) mass is 336 g/mol. The first-order chi connectivity index (χ1) is 10.4. The van der Waals surface area contributed by atoms with E-state index in [1.807, 2.05) is 30.3 Å². The maximum absolute atomic E-state index is 11.8. The second-order valence-corrected chi connectivity index (χ2v) is 7.26. The Labute approximate surface area is 134 Å². The predicted molar refractivity (Wildman–Crippen MR) is 88.2 cm³/mol. The molecule has 0 radical (unpaired) electrons. The van der Waals surface area contributed by atoms with E-state index in [4.69, 9.17) is 5.14 Å². The average molecular weight is 336 g/mol. The molecule has 2 aromatic carbocycles. The number of benzene rings is 2. The van der Waals surface area contributed by atoms with E-state index >= 15 is 0 Å². The third kappa shape index (κ3) is 5.18. The number of nitrogens with two attached hydrogens (primary N) is 1. The average Bonchev–Trinajstić information content (AvgIpc) is 2.48. The van der Waals surface area contributed by atoms with Crippen LogP contribution in [-0.2, 0) is 14.8 Å². The summed E-state index contributed by atoms with van der Waals surface area (Å²) in [5.74, 6) is 0.553. The Hall–Kier alpha value is -1.83. The van der Waals surface area contributed by atoms with E-state index in [1.165, 1.54) is 24.3 Å². The Morgan fingerprint density at radius 2 is 1.68 bits per heavy atom. The summed E-state index contributed by atoms with van der Waals surface area (Å²) >= 11 is 1.61. The summed E-state index contributed by atoms with van der Waals surface area (Å²) in [6.07, 6.45) is 0.372. The van der Waals surface area contributed by atoms with E-state index < -0.39 is 10.0 Å². The van der Waals surface area contributed by atoms with Gasteiger partial charge in [0.15, 0.2) is 0 Å². The highest BCUT2D eigenvalue weighted by Crippen LogP contribution is 2.18. The molecule has 0 bridgehead atoms. The van der Waals surface area contributed by atoms with Gasteiger partial charge in [-0.25, -0.2) is 13.6 Å². The lowest BCUT2D eigenvalue weighted by molar-refractivity contribution is -0.115. The summed E-state index contributed by atoms with van der Waals surface area (Å²) in [6.45, 7) is 0. The number of carbonyl (C=O) groups excluding carboxylic acids is 1. The van der Waals surface area contributed by atoms with Crippen molar-refractivity contribution in [3.63, 3.8) is 0 Å². The van der Waals surface area contributed by atoms with Gasteiger partial charge in [0, 0.05) is 22.8 Å². The number of primary sulfonamides is 1. The van der Waals surface area contributed by atoms with Gasteiger partial charge in [0.25, 0.3) is 0 Å². The quantitative estimate of drug-likeness (QED) is 0.793. The first-order valence-corrected chi connectivity index (χ1v) is 9.09. The molecule has 0 atom stereocenters. The summed E-state index contributed by atoms with van der Waals surface area (Å²) in [5, 5.41) is 7.73. The van der Waals surface area contributed by atoms with Crippen LogP contribution in [0.5, 0.6) is 0 Å². The molecule has 0 fully saturated rings. The van der Waals surface area contributed by atoms with E-state index in [2.05, 4.69) is 5.32 Å². The minimum atomic E-state index is -3.71. The van der Waals surface area contributed by atoms with Crippen LogP contribution in [0.3, 0.4) is 0 Å². The van der Waals surface area contributed by atoms with Gasteiger partial charge in [0.05, 0.1) is 4.90 Å². The largest absolute Gasteiger partial charge is 0.326 e. The fourth-order valence-electron chi connectivity index (χ4n) is 1.73. The third-order valence-electron chi connectivity index (χ3n) is 2.81. The fraction of sp³-hybridized carbons (Fsp3) is 0.133. The number of rotatable bonds is 6. The molecule has 2 rings (SSSR count). The SMILES string of the molecule is NS(=O)(=O)c1ccc(NC(=O)CCSc2ccccc2)cc1. The zero-order valence-corrected chi connectivity index (χ0v) is 13.4. The molecule has 0 saturated heterocycles. The number of sulfonamides is 1.